The van der Waals surface area contributed by atoms with Crippen LogP contribution in [0.5, 0.6) is 0 Å². The van der Waals surface area contributed by atoms with E-state index >= 15 is 0 Å². The Kier molecular flexibility index (Phi) is 6.51. The van der Waals surface area contributed by atoms with Crippen molar-refractivity contribution in [3.8, 4) is 0 Å². The van der Waals surface area contributed by atoms with E-state index in [1.807, 2.05) is 0 Å². The molecule has 0 spiro atoms. The van der Waals surface area contributed by atoms with Crippen LogP contribution in [-0.4, -0.2) is 36.5 Å². The van der Waals surface area contributed by atoms with Crippen LogP contribution in [0.4, 0.5) is 13.2 Å². The van der Waals surface area contributed by atoms with E-state index in [2.05, 4.69) is 13.2 Å². The van der Waals surface area contributed by atoms with Crippen molar-refractivity contribution >= 4 is 17.1 Å². The second kappa shape index (κ2) is 6.66. The number of alkyl halides is 3. The molecule has 0 saturated heterocycles. The zero-order valence-electron chi connectivity index (χ0n) is 10.8. The van der Waals surface area contributed by atoms with Crippen molar-refractivity contribution in [2.75, 3.05) is 13.2 Å². The third kappa shape index (κ3) is 6.50. The van der Waals surface area contributed by atoms with Crippen molar-refractivity contribution in [2.45, 2.75) is 26.2 Å². The first-order valence-corrected chi connectivity index (χ1v) is 10.2. The Balaban J connectivity index is 4.73. The molecule has 0 aliphatic heterocycles. The van der Waals surface area contributed by atoms with Crippen LogP contribution in [0.2, 0.25) is 13.1 Å². The van der Waals surface area contributed by atoms with E-state index in [-0.39, 0.29) is 0 Å². The van der Waals surface area contributed by atoms with Crippen molar-refractivity contribution in [3.63, 3.8) is 0 Å². The van der Waals surface area contributed by atoms with Gasteiger partial charge >= 0.3 is 23.3 Å². The maximum absolute atomic E-state index is 12.2. The number of hydrogen-bond acceptors (Lipinski definition) is 3. The first-order valence-electron chi connectivity index (χ1n) is 5.42. The molecule has 0 N–H and O–H groups in total. The van der Waals surface area contributed by atoms with Crippen LogP contribution in [0.15, 0.2) is 24.6 Å². The predicted molar refractivity (Wildman–Crippen MR) is 68.3 cm³/mol. The van der Waals surface area contributed by atoms with E-state index in [0.717, 1.165) is 0 Å². The molecule has 8 heteroatoms. The second-order valence-electron chi connectivity index (χ2n) is 3.88. The zero-order chi connectivity index (χ0) is 14.4. The van der Waals surface area contributed by atoms with E-state index < -0.39 is 29.9 Å². The van der Waals surface area contributed by atoms with Gasteiger partial charge in [-0.3, -0.25) is 0 Å². The third-order valence-corrected chi connectivity index (χ3v) is 8.41. The van der Waals surface area contributed by atoms with E-state index in [4.69, 9.17) is 13.0 Å². The molecule has 0 radical (unpaired) electrons. The van der Waals surface area contributed by atoms with E-state index in [9.17, 15) is 13.2 Å². The molecular formula is C10H19F3O3Si2. The summed E-state index contributed by atoms with van der Waals surface area (Å²) in [5, 5.41) is 0. The smallest absolute Gasteiger partial charge is 0.409 e. The molecule has 0 aromatic heterocycles. The average molecular weight is 300 g/mol. The van der Waals surface area contributed by atoms with Crippen LogP contribution in [0.3, 0.4) is 0 Å². The van der Waals surface area contributed by atoms with Gasteiger partial charge in [0.1, 0.15) is 6.61 Å². The lowest BCUT2D eigenvalue weighted by Crippen LogP contribution is -2.51. The van der Waals surface area contributed by atoms with Crippen molar-refractivity contribution < 1.29 is 26.1 Å². The molecule has 0 saturated carbocycles. The Bertz CT molecular complexity index is 299. The largest absolute Gasteiger partial charge is 0.410 e. The Labute approximate surface area is 108 Å². The molecule has 0 rings (SSSR count). The van der Waals surface area contributed by atoms with E-state index in [1.165, 1.54) is 17.9 Å². The lowest BCUT2D eigenvalue weighted by atomic mass is 10.7. The van der Waals surface area contributed by atoms with Gasteiger partial charge in [0, 0.05) is 6.61 Å². The van der Waals surface area contributed by atoms with Crippen LogP contribution in [0, 0.1) is 0 Å². The minimum absolute atomic E-state index is 0.398. The summed E-state index contributed by atoms with van der Waals surface area (Å²) in [6.45, 7) is 11.1. The highest BCUT2D eigenvalue weighted by Gasteiger charge is 2.42. The summed E-state index contributed by atoms with van der Waals surface area (Å²) < 4.78 is 52.4. The lowest BCUT2D eigenvalue weighted by Gasteiger charge is -2.33. The Morgan fingerprint density at radius 2 is 1.50 bits per heavy atom. The predicted octanol–water partition coefficient (Wildman–Crippen LogP) is 3.21. The Hall–Kier alpha value is -0.416. The first-order chi connectivity index (χ1) is 8.10. The zero-order valence-corrected chi connectivity index (χ0v) is 12.8. The van der Waals surface area contributed by atoms with Gasteiger partial charge in [0.2, 0.25) is 0 Å². The fourth-order valence-electron chi connectivity index (χ4n) is 1.17. The highest BCUT2D eigenvalue weighted by atomic mass is 28.5. The van der Waals surface area contributed by atoms with Gasteiger partial charge in [-0.05, 0) is 20.0 Å². The summed E-state index contributed by atoms with van der Waals surface area (Å²) in [6, 6.07) is 0. The molecule has 2 unspecified atom stereocenters. The average Bonchev–Trinajstić information content (AvgIpc) is 2.26. The summed E-state index contributed by atoms with van der Waals surface area (Å²) in [4.78, 5) is 0. The fraction of sp³-hybridized carbons (Fsp3) is 0.600. The van der Waals surface area contributed by atoms with Gasteiger partial charge in [0.05, 0.1) is 0 Å². The molecule has 0 aliphatic rings. The van der Waals surface area contributed by atoms with Crippen molar-refractivity contribution in [3.05, 3.63) is 24.6 Å². The molecule has 0 fully saturated rings. The van der Waals surface area contributed by atoms with Gasteiger partial charge in [0.15, 0.2) is 0 Å². The van der Waals surface area contributed by atoms with Crippen LogP contribution in [-0.2, 0) is 13.0 Å². The molecule has 2 atom stereocenters. The first kappa shape index (κ1) is 17.6. The maximum Gasteiger partial charge on any atom is 0.410 e. The minimum Gasteiger partial charge on any atom is -0.409 e. The van der Waals surface area contributed by atoms with Crippen LogP contribution in [0.1, 0.15) is 6.92 Å². The summed E-state index contributed by atoms with van der Waals surface area (Å²) in [7, 11) is -5.83. The molecule has 3 nitrogen and oxygen atoms in total. The van der Waals surface area contributed by atoms with Gasteiger partial charge in [-0.15, -0.1) is 13.2 Å². The topological polar surface area (TPSA) is 27.7 Å². The van der Waals surface area contributed by atoms with Gasteiger partial charge in [-0.1, -0.05) is 11.4 Å². The molecule has 0 aromatic carbocycles. The van der Waals surface area contributed by atoms with Crippen molar-refractivity contribution in [1.82, 2.24) is 0 Å². The molecule has 0 heterocycles. The molecule has 106 valence electrons. The summed E-state index contributed by atoms with van der Waals surface area (Å²) in [5.74, 6) is 0. The van der Waals surface area contributed by atoms with Crippen molar-refractivity contribution in [1.29, 1.82) is 0 Å². The molecule has 0 amide bonds. The summed E-state index contributed by atoms with van der Waals surface area (Å²) in [6.07, 6.45) is -4.39. The molecule has 0 aromatic rings. The summed E-state index contributed by atoms with van der Waals surface area (Å²) >= 11 is 0. The van der Waals surface area contributed by atoms with Crippen molar-refractivity contribution in [2.24, 2.45) is 0 Å². The Morgan fingerprint density at radius 1 is 1.06 bits per heavy atom. The fourth-order valence-corrected chi connectivity index (χ4v) is 6.79. The molecular weight excluding hydrogens is 281 g/mol. The molecule has 0 bridgehead atoms. The highest BCUT2D eigenvalue weighted by molar-refractivity contribution is 6.84. The second-order valence-corrected chi connectivity index (χ2v) is 10.2. The van der Waals surface area contributed by atoms with Crippen LogP contribution < -0.4 is 0 Å². The van der Waals surface area contributed by atoms with Gasteiger partial charge in [-0.25, -0.2) is 0 Å². The quantitative estimate of drug-likeness (QED) is 0.644. The number of halogens is 3. The molecule has 0 aliphatic carbocycles. The monoisotopic (exact) mass is 300 g/mol. The SMILES string of the molecule is C=C[Si](C)(OCC)O[Si](C)(C=C)OCC(F)(F)F. The van der Waals surface area contributed by atoms with E-state index in [1.54, 1.807) is 13.5 Å². The lowest BCUT2D eigenvalue weighted by molar-refractivity contribution is -0.157. The highest BCUT2D eigenvalue weighted by Crippen LogP contribution is 2.22. The van der Waals surface area contributed by atoms with Crippen LogP contribution >= 0.6 is 0 Å². The number of hydrogen-bond donors (Lipinski definition) is 0. The summed E-state index contributed by atoms with van der Waals surface area (Å²) in [5.41, 5.74) is 2.83. The van der Waals surface area contributed by atoms with Gasteiger partial charge in [0.25, 0.3) is 0 Å². The van der Waals surface area contributed by atoms with Gasteiger partial charge in [-0.2, -0.15) is 13.2 Å². The Morgan fingerprint density at radius 3 is 1.83 bits per heavy atom. The van der Waals surface area contributed by atoms with E-state index in [0.29, 0.717) is 6.61 Å². The maximum atomic E-state index is 12.2. The number of rotatable bonds is 8. The minimum atomic E-state index is -4.39. The van der Waals surface area contributed by atoms with Crippen LogP contribution in [0.25, 0.3) is 0 Å². The molecule has 18 heavy (non-hydrogen) atoms. The third-order valence-electron chi connectivity index (χ3n) is 2.10. The normalized spacial score (nSPS) is 18.8. The standard InChI is InChI=1S/C10H19F3O3Si2/c1-6-14-17(4,7-2)16-18(5,8-3)15-9-10(11,12)13/h7-8H,2-3,6,9H2,1,4-5H3. The van der Waals surface area contributed by atoms with Gasteiger partial charge < -0.3 is 13.0 Å².